The molecule has 0 aromatic carbocycles. The molecule has 1 saturated heterocycles. The van der Waals surface area contributed by atoms with Crippen molar-refractivity contribution in [2.75, 3.05) is 20.1 Å². The van der Waals surface area contributed by atoms with Crippen molar-refractivity contribution < 1.29 is 5.11 Å². The predicted octanol–water partition coefficient (Wildman–Crippen LogP) is 1.10. The fraction of sp³-hybridized carbons (Fsp3) is 0.818. The summed E-state index contributed by atoms with van der Waals surface area (Å²) in [5, 5.41) is 10.0. The maximum Gasteiger partial charge on any atom is 0.127 e. The molecule has 0 unspecified atom stereocenters. The van der Waals surface area contributed by atoms with Gasteiger partial charge in [0.15, 0.2) is 0 Å². The maximum atomic E-state index is 10.0. The molecule has 74 valence electrons. The van der Waals surface area contributed by atoms with E-state index in [-0.39, 0.29) is 0 Å². The third-order valence-corrected chi connectivity index (χ3v) is 2.41. The zero-order chi connectivity index (χ0) is 9.90. The Labute approximate surface area is 80.9 Å². The molecule has 2 nitrogen and oxygen atoms in total. The SMILES string of the molecule is CC(C)C#CC1(O)CCN(C)CC1. The molecule has 0 aromatic heterocycles. The lowest BCUT2D eigenvalue weighted by Gasteiger charge is -2.32. The zero-order valence-corrected chi connectivity index (χ0v) is 8.80. The van der Waals surface area contributed by atoms with Crippen LogP contribution in [-0.2, 0) is 0 Å². The first-order chi connectivity index (χ1) is 6.02. The highest BCUT2D eigenvalue weighted by Crippen LogP contribution is 2.20. The van der Waals surface area contributed by atoms with Crippen LogP contribution in [0.2, 0.25) is 0 Å². The molecule has 0 radical (unpaired) electrons. The summed E-state index contributed by atoms with van der Waals surface area (Å²) in [6.07, 6.45) is 1.56. The lowest BCUT2D eigenvalue weighted by atomic mass is 9.92. The number of aliphatic hydroxyl groups is 1. The molecule has 1 rings (SSSR count). The molecule has 2 heteroatoms. The van der Waals surface area contributed by atoms with E-state index in [1.165, 1.54) is 0 Å². The van der Waals surface area contributed by atoms with Gasteiger partial charge >= 0.3 is 0 Å². The molecular weight excluding hydrogens is 162 g/mol. The van der Waals surface area contributed by atoms with Crippen LogP contribution in [0.5, 0.6) is 0 Å². The lowest BCUT2D eigenvalue weighted by Crippen LogP contribution is -2.41. The maximum absolute atomic E-state index is 10.0. The molecule has 0 amide bonds. The fourth-order valence-electron chi connectivity index (χ4n) is 1.39. The van der Waals surface area contributed by atoms with E-state index in [9.17, 15) is 5.11 Å². The Kier molecular flexibility index (Phi) is 3.35. The van der Waals surface area contributed by atoms with Crippen LogP contribution < -0.4 is 0 Å². The molecule has 0 saturated carbocycles. The van der Waals surface area contributed by atoms with Gasteiger partial charge in [0.2, 0.25) is 0 Å². The molecule has 1 N–H and O–H groups in total. The van der Waals surface area contributed by atoms with Gasteiger partial charge in [0.05, 0.1) is 0 Å². The van der Waals surface area contributed by atoms with Crippen molar-refractivity contribution in [3.05, 3.63) is 0 Å². The van der Waals surface area contributed by atoms with Crippen molar-refractivity contribution in [1.29, 1.82) is 0 Å². The Morgan fingerprint density at radius 1 is 1.31 bits per heavy atom. The molecule has 1 heterocycles. The molecule has 1 aliphatic heterocycles. The first-order valence-electron chi connectivity index (χ1n) is 4.95. The quantitative estimate of drug-likeness (QED) is 0.566. The lowest BCUT2D eigenvalue weighted by molar-refractivity contribution is 0.0348. The van der Waals surface area contributed by atoms with Crippen molar-refractivity contribution in [2.24, 2.45) is 5.92 Å². The molecule has 0 atom stereocenters. The van der Waals surface area contributed by atoms with Crippen LogP contribution in [-0.4, -0.2) is 35.7 Å². The third-order valence-electron chi connectivity index (χ3n) is 2.41. The summed E-state index contributed by atoms with van der Waals surface area (Å²) >= 11 is 0. The van der Waals surface area contributed by atoms with Crippen molar-refractivity contribution in [1.82, 2.24) is 4.90 Å². The Hall–Kier alpha value is -0.520. The fourth-order valence-corrected chi connectivity index (χ4v) is 1.39. The number of piperidine rings is 1. The Balaban J connectivity index is 2.54. The van der Waals surface area contributed by atoms with E-state index in [1.54, 1.807) is 0 Å². The highest BCUT2D eigenvalue weighted by molar-refractivity contribution is 5.16. The normalized spacial score (nSPS) is 22.5. The molecule has 13 heavy (non-hydrogen) atoms. The van der Waals surface area contributed by atoms with Gasteiger partial charge in [-0.3, -0.25) is 0 Å². The Morgan fingerprint density at radius 2 is 1.85 bits per heavy atom. The van der Waals surface area contributed by atoms with Crippen LogP contribution in [0, 0.1) is 17.8 Å². The average molecular weight is 181 g/mol. The van der Waals surface area contributed by atoms with E-state index in [1.807, 2.05) is 13.8 Å². The smallest absolute Gasteiger partial charge is 0.127 e. The second kappa shape index (κ2) is 4.13. The number of likely N-dealkylation sites (tertiary alicyclic amines) is 1. The Morgan fingerprint density at radius 3 is 2.31 bits per heavy atom. The van der Waals surface area contributed by atoms with Gasteiger partial charge in [-0.25, -0.2) is 0 Å². The molecule has 0 spiro atoms. The van der Waals surface area contributed by atoms with Crippen LogP contribution in [0.15, 0.2) is 0 Å². The van der Waals surface area contributed by atoms with E-state index in [2.05, 4.69) is 23.8 Å². The third kappa shape index (κ3) is 3.38. The number of nitrogens with zero attached hydrogens (tertiary/aromatic N) is 1. The summed E-state index contributed by atoms with van der Waals surface area (Å²) in [5.41, 5.74) is -0.712. The van der Waals surface area contributed by atoms with E-state index >= 15 is 0 Å². The standard InChI is InChI=1S/C11H19NO/c1-10(2)4-5-11(13)6-8-12(3)9-7-11/h10,13H,6-9H2,1-3H3. The summed E-state index contributed by atoms with van der Waals surface area (Å²) < 4.78 is 0. The number of rotatable bonds is 0. The van der Waals surface area contributed by atoms with Crippen LogP contribution in [0.3, 0.4) is 0 Å². The molecule has 1 fully saturated rings. The van der Waals surface area contributed by atoms with Gasteiger partial charge in [0.1, 0.15) is 5.60 Å². The second-order valence-corrected chi connectivity index (χ2v) is 4.26. The van der Waals surface area contributed by atoms with Gasteiger partial charge in [-0.2, -0.15) is 0 Å². The minimum Gasteiger partial charge on any atom is -0.378 e. The van der Waals surface area contributed by atoms with E-state index in [4.69, 9.17) is 0 Å². The summed E-state index contributed by atoms with van der Waals surface area (Å²) in [6.45, 7) is 5.99. The minimum atomic E-state index is -0.712. The largest absolute Gasteiger partial charge is 0.378 e. The van der Waals surface area contributed by atoms with E-state index in [0.717, 1.165) is 25.9 Å². The first kappa shape index (κ1) is 10.6. The summed E-state index contributed by atoms with van der Waals surface area (Å²) in [5.74, 6) is 6.40. The van der Waals surface area contributed by atoms with Crippen molar-refractivity contribution in [3.8, 4) is 11.8 Å². The van der Waals surface area contributed by atoms with Gasteiger partial charge in [-0.1, -0.05) is 25.7 Å². The summed E-state index contributed by atoms with van der Waals surface area (Å²) in [7, 11) is 2.08. The van der Waals surface area contributed by atoms with Crippen molar-refractivity contribution >= 4 is 0 Å². The van der Waals surface area contributed by atoms with Crippen LogP contribution in [0.1, 0.15) is 26.7 Å². The van der Waals surface area contributed by atoms with Crippen LogP contribution >= 0.6 is 0 Å². The van der Waals surface area contributed by atoms with Crippen molar-refractivity contribution in [2.45, 2.75) is 32.3 Å². The molecule has 1 aliphatic rings. The van der Waals surface area contributed by atoms with Crippen LogP contribution in [0.4, 0.5) is 0 Å². The molecule has 0 aliphatic carbocycles. The first-order valence-corrected chi connectivity index (χ1v) is 4.95. The van der Waals surface area contributed by atoms with Gasteiger partial charge in [-0.05, 0) is 7.05 Å². The van der Waals surface area contributed by atoms with Gasteiger partial charge in [0.25, 0.3) is 0 Å². The summed E-state index contributed by atoms with van der Waals surface area (Å²) in [4.78, 5) is 2.23. The van der Waals surface area contributed by atoms with E-state index < -0.39 is 5.60 Å². The van der Waals surface area contributed by atoms with Gasteiger partial charge < -0.3 is 10.0 Å². The topological polar surface area (TPSA) is 23.5 Å². The highest BCUT2D eigenvalue weighted by atomic mass is 16.3. The molecule has 0 bridgehead atoms. The second-order valence-electron chi connectivity index (χ2n) is 4.26. The average Bonchev–Trinajstić information content (AvgIpc) is 2.08. The predicted molar refractivity (Wildman–Crippen MR) is 54.3 cm³/mol. The number of hydrogen-bond acceptors (Lipinski definition) is 2. The molecule has 0 aromatic rings. The minimum absolute atomic E-state index is 0.351. The monoisotopic (exact) mass is 181 g/mol. The summed E-state index contributed by atoms with van der Waals surface area (Å²) in [6, 6.07) is 0. The Bertz CT molecular complexity index is 216. The molecular formula is C11H19NO. The zero-order valence-electron chi connectivity index (χ0n) is 8.80. The van der Waals surface area contributed by atoms with Crippen molar-refractivity contribution in [3.63, 3.8) is 0 Å². The van der Waals surface area contributed by atoms with E-state index in [0.29, 0.717) is 5.92 Å². The van der Waals surface area contributed by atoms with Gasteiger partial charge in [-0.15, -0.1) is 0 Å². The van der Waals surface area contributed by atoms with Gasteiger partial charge in [0, 0.05) is 31.8 Å². The van der Waals surface area contributed by atoms with Crippen LogP contribution in [0.25, 0.3) is 0 Å². The highest BCUT2D eigenvalue weighted by Gasteiger charge is 2.28. The number of hydrogen-bond donors (Lipinski definition) is 1.